The number of nitrogens with two attached hydrogens (primary N) is 1. The lowest BCUT2D eigenvalue weighted by atomic mass is 10.3. The zero-order chi connectivity index (χ0) is 8.81. The molecule has 4 nitrogen and oxygen atoms in total. The molecule has 0 radical (unpaired) electrons. The van der Waals surface area contributed by atoms with E-state index in [9.17, 15) is 0 Å². The second-order valence-corrected chi connectivity index (χ2v) is 2.74. The summed E-state index contributed by atoms with van der Waals surface area (Å²) in [6, 6.07) is 1.99. The first-order valence-electron chi connectivity index (χ1n) is 4.03. The van der Waals surface area contributed by atoms with E-state index >= 15 is 0 Å². The van der Waals surface area contributed by atoms with Gasteiger partial charge in [0.2, 0.25) is 0 Å². The average molecular weight is 169 g/mol. The number of aliphatic hydroxyl groups is 1. The number of aromatic nitrogens is 1. The largest absolute Gasteiger partial charge is 0.390 e. The zero-order valence-electron chi connectivity index (χ0n) is 6.96. The zero-order valence-corrected chi connectivity index (χ0v) is 6.96. The SMILES string of the molecule is NCC(O)CNCc1cc[nH]c1. The minimum absolute atomic E-state index is 0.306. The van der Waals surface area contributed by atoms with Gasteiger partial charge in [0.05, 0.1) is 6.10 Å². The highest BCUT2D eigenvalue weighted by molar-refractivity contribution is 5.07. The molecule has 0 spiro atoms. The molecule has 68 valence electrons. The summed E-state index contributed by atoms with van der Waals surface area (Å²) in [6.45, 7) is 1.61. The summed E-state index contributed by atoms with van der Waals surface area (Å²) in [5.41, 5.74) is 6.42. The van der Waals surface area contributed by atoms with E-state index in [0.717, 1.165) is 6.54 Å². The maximum absolute atomic E-state index is 9.09. The van der Waals surface area contributed by atoms with Crippen molar-refractivity contribution in [3.8, 4) is 0 Å². The Labute approximate surface area is 71.8 Å². The summed E-state index contributed by atoms with van der Waals surface area (Å²) in [7, 11) is 0. The minimum atomic E-state index is -0.441. The van der Waals surface area contributed by atoms with Gasteiger partial charge >= 0.3 is 0 Å². The smallest absolute Gasteiger partial charge is 0.0786 e. The number of aliphatic hydroxyl groups excluding tert-OH is 1. The van der Waals surface area contributed by atoms with E-state index in [-0.39, 0.29) is 0 Å². The molecule has 1 rings (SSSR count). The van der Waals surface area contributed by atoms with Crippen LogP contribution >= 0.6 is 0 Å². The Morgan fingerprint density at radius 2 is 2.50 bits per heavy atom. The van der Waals surface area contributed by atoms with Crippen molar-refractivity contribution >= 4 is 0 Å². The first-order valence-corrected chi connectivity index (χ1v) is 4.03. The number of rotatable bonds is 5. The molecule has 0 saturated carbocycles. The van der Waals surface area contributed by atoms with Crippen molar-refractivity contribution < 1.29 is 5.11 Å². The highest BCUT2D eigenvalue weighted by atomic mass is 16.3. The molecule has 0 aromatic carbocycles. The van der Waals surface area contributed by atoms with Crippen LogP contribution in [0.4, 0.5) is 0 Å². The van der Waals surface area contributed by atoms with Crippen LogP contribution in [-0.2, 0) is 6.54 Å². The van der Waals surface area contributed by atoms with E-state index in [1.807, 2.05) is 18.5 Å². The van der Waals surface area contributed by atoms with Gasteiger partial charge in [0.25, 0.3) is 0 Å². The molecule has 4 heteroatoms. The molecule has 0 aliphatic heterocycles. The summed E-state index contributed by atoms with van der Waals surface area (Å²) < 4.78 is 0. The van der Waals surface area contributed by atoms with E-state index in [1.54, 1.807) is 0 Å². The topological polar surface area (TPSA) is 74.1 Å². The molecule has 0 amide bonds. The van der Waals surface area contributed by atoms with Gasteiger partial charge in [-0.25, -0.2) is 0 Å². The van der Waals surface area contributed by atoms with Crippen molar-refractivity contribution in [2.45, 2.75) is 12.6 Å². The monoisotopic (exact) mass is 169 g/mol. The molecule has 0 saturated heterocycles. The van der Waals surface area contributed by atoms with E-state index in [2.05, 4.69) is 10.3 Å². The van der Waals surface area contributed by atoms with E-state index < -0.39 is 6.10 Å². The lowest BCUT2D eigenvalue weighted by molar-refractivity contribution is 0.179. The van der Waals surface area contributed by atoms with Gasteiger partial charge < -0.3 is 21.1 Å². The highest BCUT2D eigenvalue weighted by Gasteiger charge is 1.99. The molecular formula is C8H15N3O. The summed E-state index contributed by atoms with van der Waals surface area (Å²) in [4.78, 5) is 2.95. The molecule has 0 aliphatic carbocycles. The first kappa shape index (κ1) is 9.25. The Morgan fingerprint density at radius 1 is 1.67 bits per heavy atom. The second kappa shape index (κ2) is 4.92. The van der Waals surface area contributed by atoms with Crippen molar-refractivity contribution in [2.75, 3.05) is 13.1 Å². The second-order valence-electron chi connectivity index (χ2n) is 2.74. The van der Waals surface area contributed by atoms with Gasteiger partial charge in [0.1, 0.15) is 0 Å². The molecule has 0 fully saturated rings. The summed E-state index contributed by atoms with van der Waals surface area (Å²) in [5, 5.41) is 12.2. The van der Waals surface area contributed by atoms with Gasteiger partial charge in [-0.3, -0.25) is 0 Å². The molecule has 0 bridgehead atoms. The third kappa shape index (κ3) is 3.04. The fourth-order valence-corrected chi connectivity index (χ4v) is 0.935. The van der Waals surface area contributed by atoms with Crippen molar-refractivity contribution in [1.82, 2.24) is 10.3 Å². The Morgan fingerprint density at radius 3 is 3.08 bits per heavy atom. The third-order valence-corrected chi connectivity index (χ3v) is 1.64. The minimum Gasteiger partial charge on any atom is -0.390 e. The standard InChI is InChI=1S/C8H15N3O/c9-3-8(12)6-11-5-7-1-2-10-4-7/h1-2,4,8,10-12H,3,5-6,9H2. The van der Waals surface area contributed by atoms with E-state index in [4.69, 9.17) is 10.8 Å². The van der Waals surface area contributed by atoms with Gasteiger partial charge in [-0.05, 0) is 11.6 Å². The average Bonchev–Trinajstić information content (AvgIpc) is 2.57. The van der Waals surface area contributed by atoms with Crippen LogP contribution in [0.1, 0.15) is 5.56 Å². The predicted octanol–water partition coefficient (Wildman–Crippen LogP) is -0.576. The van der Waals surface area contributed by atoms with Gasteiger partial charge in [-0.15, -0.1) is 0 Å². The lowest BCUT2D eigenvalue weighted by Crippen LogP contribution is -2.32. The van der Waals surface area contributed by atoms with Crippen molar-refractivity contribution in [1.29, 1.82) is 0 Å². The molecule has 1 unspecified atom stereocenters. The van der Waals surface area contributed by atoms with Crippen molar-refractivity contribution in [3.05, 3.63) is 24.0 Å². The summed E-state index contributed by atoms with van der Waals surface area (Å²) >= 11 is 0. The van der Waals surface area contributed by atoms with Crippen LogP contribution in [0.25, 0.3) is 0 Å². The van der Waals surface area contributed by atoms with Gasteiger partial charge in [-0.2, -0.15) is 0 Å². The van der Waals surface area contributed by atoms with Crippen LogP contribution in [0.2, 0.25) is 0 Å². The first-order chi connectivity index (χ1) is 5.83. The number of hydrogen-bond donors (Lipinski definition) is 4. The maximum atomic E-state index is 9.09. The van der Waals surface area contributed by atoms with Gasteiger partial charge in [0, 0.05) is 32.0 Å². The van der Waals surface area contributed by atoms with E-state index in [0.29, 0.717) is 13.1 Å². The van der Waals surface area contributed by atoms with E-state index in [1.165, 1.54) is 5.56 Å². The maximum Gasteiger partial charge on any atom is 0.0786 e. The van der Waals surface area contributed by atoms with Crippen LogP contribution in [-0.4, -0.2) is 29.3 Å². The molecule has 12 heavy (non-hydrogen) atoms. The Hall–Kier alpha value is -0.840. The Kier molecular flexibility index (Phi) is 3.79. The Balaban J connectivity index is 2.11. The third-order valence-electron chi connectivity index (χ3n) is 1.64. The molecule has 1 atom stereocenters. The number of hydrogen-bond acceptors (Lipinski definition) is 3. The quantitative estimate of drug-likeness (QED) is 0.476. The molecule has 1 aromatic heterocycles. The molecule has 1 heterocycles. The molecular weight excluding hydrogens is 154 g/mol. The number of nitrogens with one attached hydrogen (secondary N) is 2. The van der Waals surface area contributed by atoms with Crippen LogP contribution < -0.4 is 11.1 Å². The van der Waals surface area contributed by atoms with Gasteiger partial charge in [-0.1, -0.05) is 0 Å². The fraction of sp³-hybridized carbons (Fsp3) is 0.500. The Bertz CT molecular complexity index is 198. The molecule has 5 N–H and O–H groups in total. The van der Waals surface area contributed by atoms with Crippen LogP contribution in [0.5, 0.6) is 0 Å². The lowest BCUT2D eigenvalue weighted by Gasteiger charge is -2.07. The summed E-state index contributed by atoms with van der Waals surface area (Å²) in [5.74, 6) is 0. The molecule has 0 aliphatic rings. The summed E-state index contributed by atoms with van der Waals surface area (Å²) in [6.07, 6.45) is 3.35. The van der Waals surface area contributed by atoms with Crippen LogP contribution in [0.3, 0.4) is 0 Å². The van der Waals surface area contributed by atoms with Gasteiger partial charge in [0.15, 0.2) is 0 Å². The predicted molar refractivity (Wildman–Crippen MR) is 47.6 cm³/mol. The number of H-pyrrole nitrogens is 1. The fourth-order valence-electron chi connectivity index (χ4n) is 0.935. The van der Waals surface area contributed by atoms with Crippen molar-refractivity contribution in [3.63, 3.8) is 0 Å². The number of aromatic amines is 1. The van der Waals surface area contributed by atoms with Crippen LogP contribution in [0, 0.1) is 0 Å². The van der Waals surface area contributed by atoms with Crippen molar-refractivity contribution in [2.24, 2.45) is 5.73 Å². The highest BCUT2D eigenvalue weighted by Crippen LogP contribution is 1.94. The van der Waals surface area contributed by atoms with Crippen LogP contribution in [0.15, 0.2) is 18.5 Å². The molecule has 1 aromatic rings. The normalized spacial score (nSPS) is 13.2.